The fraction of sp³-hybridized carbons (Fsp3) is 0.171. The molecule has 2 aliphatic carbocycles. The van der Waals surface area contributed by atoms with Crippen LogP contribution >= 0.6 is 0 Å². The average Bonchev–Trinajstić information content (AvgIpc) is 4.05. The van der Waals surface area contributed by atoms with E-state index in [-0.39, 0.29) is 0 Å². The predicted octanol–water partition coefficient (Wildman–Crippen LogP) is 8.13. The summed E-state index contributed by atoms with van der Waals surface area (Å²) in [6.45, 7) is 0. The Morgan fingerprint density at radius 1 is 0.808 bits per heavy atom. The van der Waals surface area contributed by atoms with E-state index in [2.05, 4.69) is 68.7 Å². The number of hydrogen-bond acceptors (Lipinski definition) is 9. The molecule has 0 bridgehead atoms. The molecule has 9 rings (SSSR count). The first-order valence-corrected chi connectivity index (χ1v) is 16.9. The lowest BCUT2D eigenvalue weighted by Gasteiger charge is -2.34. The molecule has 0 atom stereocenters. The van der Waals surface area contributed by atoms with Crippen molar-refractivity contribution in [1.29, 1.82) is 0 Å². The number of nitrogens with one attached hydrogen (secondary N) is 1. The van der Waals surface area contributed by atoms with Crippen LogP contribution in [0.25, 0.3) is 40.7 Å². The first kappa shape index (κ1) is 32.6. The predicted molar refractivity (Wildman–Crippen MR) is 197 cm³/mol. The van der Waals surface area contributed by atoms with Crippen LogP contribution in [0.3, 0.4) is 0 Å². The summed E-state index contributed by atoms with van der Waals surface area (Å²) in [7, 11) is 5.04. The van der Waals surface area contributed by atoms with E-state index < -0.39 is 5.41 Å². The lowest BCUT2D eigenvalue weighted by atomic mass is 9.68. The average molecular weight is 693 g/mol. The summed E-state index contributed by atoms with van der Waals surface area (Å²) in [5, 5.41) is 12.5. The van der Waals surface area contributed by atoms with Gasteiger partial charge in [0, 0.05) is 34.7 Å². The maximum atomic E-state index is 5.51. The largest absolute Gasteiger partial charge is 0.497 e. The molecule has 0 spiro atoms. The molecule has 0 radical (unpaired) electrons. The van der Waals surface area contributed by atoms with Crippen LogP contribution in [0.15, 0.2) is 119 Å². The molecule has 11 heteroatoms. The quantitative estimate of drug-likeness (QED) is 0.168. The summed E-state index contributed by atoms with van der Waals surface area (Å²) in [6, 6.07) is 24.3. The summed E-state index contributed by atoms with van der Waals surface area (Å²) in [6.07, 6.45) is 17.5. The van der Waals surface area contributed by atoms with E-state index in [0.717, 1.165) is 80.8 Å². The Morgan fingerprint density at radius 3 is 2.21 bits per heavy atom. The van der Waals surface area contributed by atoms with E-state index in [4.69, 9.17) is 28.1 Å². The van der Waals surface area contributed by atoms with E-state index >= 15 is 0 Å². The first-order valence-electron chi connectivity index (χ1n) is 16.9. The van der Waals surface area contributed by atoms with Crippen LogP contribution < -0.4 is 14.2 Å². The number of aromatic nitrogens is 6. The van der Waals surface area contributed by atoms with E-state index in [1.54, 1.807) is 33.8 Å². The van der Waals surface area contributed by atoms with E-state index in [1.807, 2.05) is 53.2 Å². The number of allylic oxidation sites excluding steroid dienone is 2. The molecule has 0 saturated heterocycles. The Kier molecular flexibility index (Phi) is 8.74. The fourth-order valence-electron chi connectivity index (χ4n) is 6.93. The zero-order valence-corrected chi connectivity index (χ0v) is 28.9. The van der Waals surface area contributed by atoms with Crippen LogP contribution in [0, 0.1) is 0 Å². The van der Waals surface area contributed by atoms with Gasteiger partial charge in [-0.25, -0.2) is 14.6 Å². The van der Waals surface area contributed by atoms with Crippen LogP contribution in [0.4, 0.5) is 0 Å². The molecule has 0 fully saturated rings. The lowest BCUT2D eigenvalue weighted by molar-refractivity contribution is 0.411. The van der Waals surface area contributed by atoms with Crippen molar-refractivity contribution in [2.45, 2.75) is 24.7 Å². The first-order chi connectivity index (χ1) is 25.6. The molecule has 7 aromatic rings. The van der Waals surface area contributed by atoms with E-state index in [9.17, 15) is 0 Å². The summed E-state index contributed by atoms with van der Waals surface area (Å²) >= 11 is 0. The number of oxazole rings is 2. The van der Waals surface area contributed by atoms with Crippen molar-refractivity contribution >= 4 is 12.2 Å². The minimum absolute atomic E-state index is 0.401. The second-order valence-electron chi connectivity index (χ2n) is 12.4. The number of rotatable bonds is 8. The van der Waals surface area contributed by atoms with Crippen molar-refractivity contribution < 1.29 is 23.0 Å². The van der Waals surface area contributed by atoms with Gasteiger partial charge in [-0.1, -0.05) is 54.6 Å². The zero-order valence-electron chi connectivity index (χ0n) is 28.9. The van der Waals surface area contributed by atoms with Crippen LogP contribution in [0.1, 0.15) is 40.1 Å². The van der Waals surface area contributed by atoms with Gasteiger partial charge in [0.25, 0.3) is 0 Å². The number of aromatic amines is 1. The second-order valence-corrected chi connectivity index (χ2v) is 12.4. The lowest BCUT2D eigenvalue weighted by Crippen LogP contribution is -2.30. The van der Waals surface area contributed by atoms with Gasteiger partial charge in [0.1, 0.15) is 40.6 Å². The third-order valence-electron chi connectivity index (χ3n) is 9.54. The van der Waals surface area contributed by atoms with Gasteiger partial charge in [-0.15, -0.1) is 0 Å². The van der Waals surface area contributed by atoms with Gasteiger partial charge in [-0.05, 0) is 60.4 Å². The van der Waals surface area contributed by atoms with E-state index in [1.165, 1.54) is 18.5 Å². The molecule has 260 valence electrons. The minimum Gasteiger partial charge on any atom is -0.497 e. The third kappa shape index (κ3) is 5.96. The highest BCUT2D eigenvalue weighted by Gasteiger charge is 2.37. The van der Waals surface area contributed by atoms with Crippen molar-refractivity contribution in [3.8, 4) is 45.8 Å². The van der Waals surface area contributed by atoms with Gasteiger partial charge >= 0.3 is 0 Å². The van der Waals surface area contributed by atoms with Gasteiger partial charge < -0.3 is 23.0 Å². The standard InChI is InChI=1S/C24H21N3O3.C17H15N3O2/c1-28-18-7-3-5-16(11-18)24(17-6-4-8-19(12-17)29-2)10-9-20-21(13-24)26-27-23(20)22-14-25-15-30-22;1-21-13-6-4-5-12(9-13)20-16-8-3-2-7-14(16)17(19-20)15-10-22-11-18-15/h3-12,14-15H,13H2,1-2H3,(H,26,27);2,4-7,9-11H,3,8H2,1H3. The van der Waals surface area contributed by atoms with Gasteiger partial charge in [-0.2, -0.15) is 10.2 Å². The smallest absolute Gasteiger partial charge is 0.181 e. The van der Waals surface area contributed by atoms with Crippen LogP contribution in [-0.2, 0) is 18.3 Å². The Balaban J connectivity index is 0.000000156. The second kappa shape index (κ2) is 13.9. The molecule has 0 unspecified atom stereocenters. The maximum Gasteiger partial charge on any atom is 0.181 e. The number of ether oxygens (including phenoxy) is 3. The molecular formula is C41H36N6O5. The topological polar surface area (TPSA) is 126 Å². The molecule has 4 heterocycles. The molecule has 0 saturated carbocycles. The van der Waals surface area contributed by atoms with Crippen molar-refractivity contribution in [3.63, 3.8) is 0 Å². The summed E-state index contributed by atoms with van der Waals surface area (Å²) in [5.74, 6) is 3.10. The molecule has 0 amide bonds. The molecule has 0 aliphatic heterocycles. The van der Waals surface area contributed by atoms with Crippen molar-refractivity contribution in [2.24, 2.45) is 0 Å². The number of benzene rings is 3. The molecule has 2 aliphatic rings. The number of nitrogens with zero attached hydrogens (tertiary/aromatic N) is 5. The number of H-pyrrole nitrogens is 1. The van der Waals surface area contributed by atoms with Crippen LogP contribution in [0.5, 0.6) is 17.2 Å². The monoisotopic (exact) mass is 692 g/mol. The Bertz CT molecular complexity index is 2320. The number of methoxy groups -OCH3 is 3. The SMILES string of the molecule is COc1cccc(-n2nc(-c3cocn3)c3c2CCC=C3)c1.COc1cccc(C2(c3cccc(OC)c3)C=Cc3c(-c4cnco4)n[nH]c3C2)c1. The third-order valence-corrected chi connectivity index (χ3v) is 9.54. The highest BCUT2D eigenvalue weighted by atomic mass is 16.5. The highest BCUT2D eigenvalue weighted by Crippen LogP contribution is 2.44. The fourth-order valence-corrected chi connectivity index (χ4v) is 6.93. The van der Waals surface area contributed by atoms with Gasteiger partial charge in [0.05, 0.1) is 38.9 Å². The van der Waals surface area contributed by atoms with Crippen LogP contribution in [-0.4, -0.2) is 51.3 Å². The van der Waals surface area contributed by atoms with Crippen molar-refractivity contribution in [2.75, 3.05) is 21.3 Å². The van der Waals surface area contributed by atoms with E-state index in [0.29, 0.717) is 12.2 Å². The molecule has 4 aromatic heterocycles. The minimum atomic E-state index is -0.401. The summed E-state index contributed by atoms with van der Waals surface area (Å²) in [4.78, 5) is 8.25. The molecule has 11 nitrogen and oxygen atoms in total. The molecule has 1 N–H and O–H groups in total. The number of fused-ring (bicyclic) bond motifs is 2. The molecule has 3 aromatic carbocycles. The van der Waals surface area contributed by atoms with Gasteiger partial charge in [0.2, 0.25) is 0 Å². The van der Waals surface area contributed by atoms with Gasteiger partial charge in [0.15, 0.2) is 18.5 Å². The van der Waals surface area contributed by atoms with Crippen molar-refractivity contribution in [1.82, 2.24) is 29.9 Å². The highest BCUT2D eigenvalue weighted by molar-refractivity contribution is 5.75. The zero-order chi connectivity index (χ0) is 35.5. The normalized spacial score (nSPS) is 13.8. The van der Waals surface area contributed by atoms with Gasteiger partial charge in [-0.3, -0.25) is 5.10 Å². The summed E-state index contributed by atoms with van der Waals surface area (Å²) < 4.78 is 28.9. The maximum absolute atomic E-state index is 5.51. The van der Waals surface area contributed by atoms with Crippen molar-refractivity contribution in [3.05, 3.63) is 144 Å². The van der Waals surface area contributed by atoms with Crippen LogP contribution in [0.2, 0.25) is 0 Å². The molecule has 52 heavy (non-hydrogen) atoms. The Morgan fingerprint density at radius 2 is 1.54 bits per heavy atom. The Hall–Kier alpha value is -6.62. The Labute approximate surface area is 300 Å². The number of hydrogen-bond donors (Lipinski definition) is 1. The summed E-state index contributed by atoms with van der Waals surface area (Å²) in [5.41, 5.74) is 9.58. The molecular weight excluding hydrogens is 656 g/mol.